The third kappa shape index (κ3) is 6.41. The van der Waals surface area contributed by atoms with Crippen LogP contribution in [0.2, 0.25) is 0 Å². The fourth-order valence-electron chi connectivity index (χ4n) is 7.98. The highest BCUT2D eigenvalue weighted by Crippen LogP contribution is 2.48. The van der Waals surface area contributed by atoms with E-state index in [1.165, 1.54) is 88.7 Å². The lowest BCUT2D eigenvalue weighted by Gasteiger charge is -2.29. The molecule has 0 heteroatoms. The Morgan fingerprint density at radius 2 is 1.00 bits per heavy atom. The van der Waals surface area contributed by atoms with Crippen molar-refractivity contribution in [1.29, 1.82) is 0 Å². The average molecular weight is 667 g/mol. The molecule has 9 rings (SSSR count). The summed E-state index contributed by atoms with van der Waals surface area (Å²) >= 11 is 0. The summed E-state index contributed by atoms with van der Waals surface area (Å²) in [5.74, 6) is 0. The molecule has 0 heterocycles. The molecule has 0 bridgehead atoms. The monoisotopic (exact) mass is 666 g/mol. The normalized spacial score (nSPS) is 13.1. The topological polar surface area (TPSA) is 0 Å². The van der Waals surface area contributed by atoms with E-state index in [-0.39, 0.29) is 0 Å². The van der Waals surface area contributed by atoms with Gasteiger partial charge in [0.15, 0.2) is 0 Å². The summed E-state index contributed by atoms with van der Waals surface area (Å²) in [4.78, 5) is 0. The molecule has 0 radical (unpaired) electrons. The van der Waals surface area contributed by atoms with Crippen molar-refractivity contribution in [1.82, 2.24) is 0 Å². The summed E-state index contributed by atoms with van der Waals surface area (Å²) in [6.45, 7) is 6.72. The van der Waals surface area contributed by atoms with Gasteiger partial charge >= 0.3 is 0 Å². The Balaban J connectivity index is 0.000000922. The molecule has 0 saturated carbocycles. The second kappa shape index (κ2) is 14.9. The van der Waals surface area contributed by atoms with Gasteiger partial charge in [0, 0.05) is 0 Å². The van der Waals surface area contributed by atoms with Gasteiger partial charge in [-0.3, -0.25) is 0 Å². The molecule has 0 saturated heterocycles. The maximum Gasteiger partial charge on any atom is -0.00266 e. The van der Waals surface area contributed by atoms with Crippen molar-refractivity contribution in [2.24, 2.45) is 0 Å². The van der Waals surface area contributed by atoms with Crippen LogP contribution in [0, 0.1) is 0 Å². The first kappa shape index (κ1) is 32.9. The zero-order valence-corrected chi connectivity index (χ0v) is 29.6. The van der Waals surface area contributed by atoms with Gasteiger partial charge in [-0.25, -0.2) is 0 Å². The van der Waals surface area contributed by atoms with E-state index >= 15 is 0 Å². The molecule has 0 aromatic heterocycles. The lowest BCUT2D eigenvalue weighted by atomic mass is 9.75. The van der Waals surface area contributed by atoms with Crippen LogP contribution in [0.5, 0.6) is 0 Å². The van der Waals surface area contributed by atoms with Crippen molar-refractivity contribution in [2.75, 3.05) is 0 Å². The second-order valence-corrected chi connectivity index (χ2v) is 13.5. The molecule has 0 nitrogen and oxygen atoms in total. The van der Waals surface area contributed by atoms with Crippen LogP contribution in [-0.2, 0) is 12.8 Å². The summed E-state index contributed by atoms with van der Waals surface area (Å²) in [5, 5.41) is 2.65. The van der Waals surface area contributed by atoms with Gasteiger partial charge < -0.3 is 0 Å². The smallest absolute Gasteiger partial charge is 0.00266 e. The van der Waals surface area contributed by atoms with Gasteiger partial charge in [-0.1, -0.05) is 189 Å². The van der Waals surface area contributed by atoms with Gasteiger partial charge in [0.05, 0.1) is 0 Å². The number of rotatable bonds is 6. The number of fused-ring (bicyclic) bond motifs is 3. The van der Waals surface area contributed by atoms with Crippen molar-refractivity contribution >= 4 is 28.0 Å². The summed E-state index contributed by atoms with van der Waals surface area (Å²) in [7, 11) is 0. The number of allylic oxidation sites excluding steroid dienone is 4. The summed E-state index contributed by atoms with van der Waals surface area (Å²) < 4.78 is 0. The predicted molar refractivity (Wildman–Crippen MR) is 225 cm³/mol. The Labute approximate surface area is 308 Å². The van der Waals surface area contributed by atoms with Gasteiger partial charge in [-0.15, -0.1) is 0 Å². The summed E-state index contributed by atoms with van der Waals surface area (Å²) in [6, 6.07) is 58.0. The first-order valence-corrected chi connectivity index (χ1v) is 18.4. The van der Waals surface area contributed by atoms with Crippen molar-refractivity contribution in [3.8, 4) is 33.4 Å². The maximum absolute atomic E-state index is 3.36. The van der Waals surface area contributed by atoms with Crippen molar-refractivity contribution in [2.45, 2.75) is 25.7 Å². The Hall–Kier alpha value is -6.24. The molecule has 2 aliphatic rings. The van der Waals surface area contributed by atoms with Gasteiger partial charge in [0.2, 0.25) is 0 Å². The molecule has 7 aromatic carbocycles. The molecular formula is C52H42. The summed E-state index contributed by atoms with van der Waals surface area (Å²) in [5.41, 5.74) is 18.8. The highest BCUT2D eigenvalue weighted by Gasteiger charge is 2.27. The Kier molecular flexibility index (Phi) is 9.46. The third-order valence-electron chi connectivity index (χ3n) is 10.5. The average Bonchev–Trinajstić information content (AvgIpc) is 3.23. The van der Waals surface area contributed by atoms with E-state index in [4.69, 9.17) is 0 Å². The second-order valence-electron chi connectivity index (χ2n) is 13.5. The molecule has 0 unspecified atom stereocenters. The number of hydrogen-bond donors (Lipinski definition) is 0. The molecule has 0 fully saturated rings. The van der Waals surface area contributed by atoms with E-state index < -0.39 is 0 Å². The number of hydrogen-bond acceptors (Lipinski definition) is 0. The minimum atomic E-state index is 0.999. The lowest BCUT2D eigenvalue weighted by Crippen LogP contribution is -2.09. The molecule has 0 aliphatic heterocycles. The quantitative estimate of drug-likeness (QED) is 0.155. The minimum Gasteiger partial charge on any atom is -0.0991 e. The molecule has 0 atom stereocenters. The van der Waals surface area contributed by atoms with E-state index in [2.05, 4.69) is 183 Å². The minimum absolute atomic E-state index is 0.999. The van der Waals surface area contributed by atoms with Crippen molar-refractivity contribution in [3.05, 3.63) is 222 Å². The first-order chi connectivity index (χ1) is 25.7. The Morgan fingerprint density at radius 3 is 1.67 bits per heavy atom. The molecule has 0 amide bonds. The van der Waals surface area contributed by atoms with Crippen LogP contribution in [0.4, 0.5) is 0 Å². The molecule has 52 heavy (non-hydrogen) atoms. The Bertz CT molecular complexity index is 2440. The van der Waals surface area contributed by atoms with Gasteiger partial charge in [0.1, 0.15) is 0 Å². The molecule has 250 valence electrons. The number of aryl methyl sites for hydroxylation is 1. The van der Waals surface area contributed by atoms with Crippen LogP contribution in [0.15, 0.2) is 189 Å². The molecule has 0 N–H and O–H groups in total. The van der Waals surface area contributed by atoms with Gasteiger partial charge in [-0.05, 0) is 120 Å². The lowest BCUT2D eigenvalue weighted by molar-refractivity contribution is 0.975. The third-order valence-corrected chi connectivity index (χ3v) is 10.5. The first-order valence-electron chi connectivity index (χ1n) is 18.4. The van der Waals surface area contributed by atoms with Gasteiger partial charge in [0.25, 0.3) is 0 Å². The fourth-order valence-corrected chi connectivity index (χ4v) is 7.98. The van der Waals surface area contributed by atoms with Crippen LogP contribution in [0.25, 0.3) is 61.4 Å². The van der Waals surface area contributed by atoms with Crippen LogP contribution in [0.3, 0.4) is 0 Å². The summed E-state index contributed by atoms with van der Waals surface area (Å²) in [6.07, 6.45) is 12.5. The zero-order chi connectivity index (χ0) is 35.3. The van der Waals surface area contributed by atoms with Gasteiger partial charge in [-0.2, -0.15) is 0 Å². The molecule has 0 spiro atoms. The van der Waals surface area contributed by atoms with Crippen molar-refractivity contribution in [3.63, 3.8) is 0 Å². The van der Waals surface area contributed by atoms with E-state index in [0.29, 0.717) is 0 Å². The zero-order valence-electron chi connectivity index (χ0n) is 29.6. The standard InChI is InChI=1S/C48H36.C4H6/c1-4-13-33(14-5-1)36-23-25-38(26-24-36)47-43-29-27-40(35-17-8-3-9-18-35)32-46(43)48(42-22-12-20-37-19-10-11-21-41(37)42)44-30-28-39(31-45(44)47)34-15-6-2-7-16-34;1-3-4-2/h1-11,13-19,21-26,28,30-32H,12,20,27,29H2;3-4H,1-2H2. The van der Waals surface area contributed by atoms with E-state index in [1.807, 2.05) is 0 Å². The predicted octanol–water partition coefficient (Wildman–Crippen LogP) is 14.1. The molecular weight excluding hydrogens is 625 g/mol. The largest absolute Gasteiger partial charge is 0.0991 e. The van der Waals surface area contributed by atoms with Crippen LogP contribution in [-0.4, -0.2) is 0 Å². The molecule has 7 aromatic rings. The van der Waals surface area contributed by atoms with Crippen LogP contribution < -0.4 is 0 Å². The highest BCUT2D eigenvalue weighted by atomic mass is 14.3. The van der Waals surface area contributed by atoms with Crippen molar-refractivity contribution < 1.29 is 0 Å². The van der Waals surface area contributed by atoms with E-state index in [1.54, 1.807) is 12.2 Å². The maximum atomic E-state index is 3.36. The highest BCUT2D eigenvalue weighted by molar-refractivity contribution is 6.12. The fraction of sp³-hybridized carbons (Fsp3) is 0.0769. The van der Waals surface area contributed by atoms with Crippen LogP contribution in [0.1, 0.15) is 46.2 Å². The molecule has 2 aliphatic carbocycles. The van der Waals surface area contributed by atoms with E-state index in [0.717, 1.165) is 25.7 Å². The van der Waals surface area contributed by atoms with E-state index in [9.17, 15) is 0 Å². The Morgan fingerprint density at radius 1 is 0.442 bits per heavy atom. The van der Waals surface area contributed by atoms with Crippen LogP contribution >= 0.6 is 0 Å². The number of benzene rings is 7. The SMILES string of the molecule is C1=C(c2ccccc2)CCc2c1c(C1=CCCc3ccccc31)c1ccc(-c3ccccc3)cc1c2-c1ccc(-c2ccccc2)cc1.C=CC=C.